The Kier molecular flexibility index (Phi) is 8.02. The first-order chi connectivity index (χ1) is 31.7. The summed E-state index contributed by atoms with van der Waals surface area (Å²) in [5, 5.41) is 6.75. The van der Waals surface area contributed by atoms with E-state index in [2.05, 4.69) is 156 Å². The number of rotatable bonds is 6. The first-order valence-electron chi connectivity index (χ1n) is 21.6. The lowest BCUT2D eigenvalue weighted by Gasteiger charge is -2.17. The van der Waals surface area contributed by atoms with E-state index in [1.807, 2.05) is 66.7 Å². The number of fused-ring (bicyclic) bond motifs is 10. The van der Waals surface area contributed by atoms with Crippen LogP contribution in [0.2, 0.25) is 0 Å². The minimum absolute atomic E-state index is 0.550. The molecule has 13 aromatic rings. The second-order valence-corrected chi connectivity index (χ2v) is 16.4. The number of para-hydroxylation sites is 4. The summed E-state index contributed by atoms with van der Waals surface area (Å²) in [6.07, 6.45) is 0. The molecule has 0 spiro atoms. The smallest absolute Gasteiger partial charge is 0.167 e. The van der Waals surface area contributed by atoms with Gasteiger partial charge in [-0.15, -0.1) is 0 Å². The molecule has 0 saturated carbocycles. The Morgan fingerprint density at radius 1 is 0.391 bits per heavy atom. The summed E-state index contributed by atoms with van der Waals surface area (Å²) in [6, 6.07) is 72.4. The van der Waals surface area contributed by atoms with Crippen LogP contribution >= 0.6 is 0 Å². The average Bonchev–Trinajstić information content (AvgIpc) is 4.03. The van der Waals surface area contributed by atoms with E-state index in [-0.39, 0.29) is 0 Å². The standard InChI is InChI=1S/C58H37N5O/c1-36-34-46(58-60-56(38-22-8-3-9-23-38)59-57(61-58)39-24-10-4-11-25-39)55-51(43-30-16-19-33-49(43)64-55)52(36)63-47-31-17-14-28-41(47)45-35-44(37-20-6-2-7-21-37)53-50(54(45)63)42-29-15-18-32-48(42)62(53)40-26-12-5-13-27-40/h2-35H,1H3. The SMILES string of the molecule is Cc1cc(-c2nc(-c3ccccc3)nc(-c3ccccc3)n2)c2oc3ccccc3c2c1-n1c2ccccc2c2cc(-c3ccccc3)c3c(c4ccccc4n3-c3ccccc3)c21. The van der Waals surface area contributed by atoms with Crippen LogP contribution in [0, 0.1) is 6.92 Å². The first-order valence-corrected chi connectivity index (χ1v) is 21.6. The molecule has 6 heteroatoms. The third-order valence-corrected chi connectivity index (χ3v) is 12.6. The second kappa shape index (κ2) is 14.2. The molecule has 0 unspecified atom stereocenters. The molecule has 0 bridgehead atoms. The molecule has 0 fully saturated rings. The third kappa shape index (κ3) is 5.42. The number of nitrogens with zero attached hydrogens (tertiary/aromatic N) is 5. The van der Waals surface area contributed by atoms with Crippen LogP contribution in [0.15, 0.2) is 211 Å². The van der Waals surface area contributed by atoms with E-state index in [0.717, 1.165) is 83.2 Å². The lowest BCUT2D eigenvalue weighted by Crippen LogP contribution is -2.03. The van der Waals surface area contributed by atoms with Crippen molar-refractivity contribution in [1.82, 2.24) is 24.1 Å². The van der Waals surface area contributed by atoms with Crippen molar-refractivity contribution in [2.45, 2.75) is 6.92 Å². The summed E-state index contributed by atoms with van der Waals surface area (Å²) in [6.45, 7) is 2.21. The van der Waals surface area contributed by atoms with Crippen molar-refractivity contribution in [2.75, 3.05) is 0 Å². The summed E-state index contributed by atoms with van der Waals surface area (Å²) in [4.78, 5) is 15.4. The molecule has 0 atom stereocenters. The van der Waals surface area contributed by atoms with E-state index in [4.69, 9.17) is 19.4 Å². The Morgan fingerprint density at radius 2 is 0.906 bits per heavy atom. The van der Waals surface area contributed by atoms with Gasteiger partial charge in [0.1, 0.15) is 11.2 Å². The van der Waals surface area contributed by atoms with Gasteiger partial charge in [-0.3, -0.25) is 0 Å². The summed E-state index contributed by atoms with van der Waals surface area (Å²) >= 11 is 0. The predicted molar refractivity (Wildman–Crippen MR) is 262 cm³/mol. The van der Waals surface area contributed by atoms with Gasteiger partial charge in [-0.2, -0.15) is 0 Å². The lowest BCUT2D eigenvalue weighted by molar-refractivity contribution is 0.669. The molecule has 0 N–H and O–H groups in total. The van der Waals surface area contributed by atoms with Crippen LogP contribution in [0.1, 0.15) is 5.56 Å². The van der Waals surface area contributed by atoms with Gasteiger partial charge in [-0.1, -0.05) is 164 Å². The highest BCUT2D eigenvalue weighted by Gasteiger charge is 2.28. The molecule has 0 aliphatic heterocycles. The van der Waals surface area contributed by atoms with E-state index in [1.54, 1.807) is 0 Å². The monoisotopic (exact) mass is 819 g/mol. The fraction of sp³-hybridized carbons (Fsp3) is 0.0172. The second-order valence-electron chi connectivity index (χ2n) is 16.4. The molecule has 64 heavy (non-hydrogen) atoms. The fourth-order valence-electron chi connectivity index (χ4n) is 9.92. The van der Waals surface area contributed by atoms with Gasteiger partial charge in [-0.25, -0.2) is 15.0 Å². The molecular weight excluding hydrogens is 783 g/mol. The number of aromatic nitrogens is 5. The molecule has 0 aliphatic rings. The quantitative estimate of drug-likeness (QED) is 0.168. The Balaban J connectivity index is 1.20. The van der Waals surface area contributed by atoms with E-state index < -0.39 is 0 Å². The maximum Gasteiger partial charge on any atom is 0.167 e. The summed E-state index contributed by atoms with van der Waals surface area (Å²) in [5.74, 6) is 1.75. The first kappa shape index (κ1) is 36.1. The van der Waals surface area contributed by atoms with Crippen LogP contribution in [0.3, 0.4) is 0 Å². The highest BCUT2D eigenvalue weighted by atomic mass is 16.3. The maximum absolute atomic E-state index is 7.03. The van der Waals surface area contributed by atoms with Gasteiger partial charge < -0.3 is 13.6 Å². The minimum atomic E-state index is 0.550. The Hall–Kier alpha value is -8.61. The van der Waals surface area contributed by atoms with Crippen molar-refractivity contribution in [3.63, 3.8) is 0 Å². The number of hydrogen-bond acceptors (Lipinski definition) is 4. The normalized spacial score (nSPS) is 11.8. The summed E-state index contributed by atoms with van der Waals surface area (Å²) in [7, 11) is 0. The van der Waals surface area contributed by atoms with Gasteiger partial charge >= 0.3 is 0 Å². The van der Waals surface area contributed by atoms with Gasteiger partial charge in [0.2, 0.25) is 0 Å². The fourth-order valence-corrected chi connectivity index (χ4v) is 9.92. The number of furan rings is 1. The van der Waals surface area contributed by atoms with Crippen LogP contribution in [0.4, 0.5) is 0 Å². The van der Waals surface area contributed by atoms with Crippen LogP contribution in [0.25, 0.3) is 122 Å². The van der Waals surface area contributed by atoms with Gasteiger partial charge in [-0.05, 0) is 60.5 Å². The molecule has 4 heterocycles. The van der Waals surface area contributed by atoms with Crippen molar-refractivity contribution in [1.29, 1.82) is 0 Å². The van der Waals surface area contributed by atoms with Crippen LogP contribution < -0.4 is 0 Å². The maximum atomic E-state index is 7.03. The van der Waals surface area contributed by atoms with Crippen molar-refractivity contribution < 1.29 is 4.42 Å². The zero-order valence-corrected chi connectivity index (χ0v) is 34.8. The molecule has 4 aromatic heterocycles. The van der Waals surface area contributed by atoms with E-state index in [0.29, 0.717) is 17.5 Å². The highest BCUT2D eigenvalue weighted by Crippen LogP contribution is 2.49. The molecule has 0 amide bonds. The number of hydrogen-bond donors (Lipinski definition) is 0. The van der Waals surface area contributed by atoms with Crippen molar-refractivity contribution in [2.24, 2.45) is 0 Å². The van der Waals surface area contributed by atoms with E-state index in [9.17, 15) is 0 Å². The zero-order valence-electron chi connectivity index (χ0n) is 34.8. The van der Waals surface area contributed by atoms with Crippen LogP contribution in [-0.4, -0.2) is 24.1 Å². The summed E-state index contributed by atoms with van der Waals surface area (Å²) < 4.78 is 12.0. The number of aryl methyl sites for hydroxylation is 1. The molecule has 6 nitrogen and oxygen atoms in total. The van der Waals surface area contributed by atoms with E-state index >= 15 is 0 Å². The average molecular weight is 820 g/mol. The topological polar surface area (TPSA) is 61.7 Å². The Labute approximate surface area is 368 Å². The minimum Gasteiger partial charge on any atom is -0.455 e. The van der Waals surface area contributed by atoms with E-state index in [1.165, 1.54) is 27.1 Å². The van der Waals surface area contributed by atoms with Gasteiger partial charge in [0.15, 0.2) is 17.5 Å². The molecule has 300 valence electrons. The predicted octanol–water partition coefficient (Wildman–Crippen LogP) is 14.9. The summed E-state index contributed by atoms with van der Waals surface area (Å²) in [5.41, 5.74) is 14.3. The highest BCUT2D eigenvalue weighted by molar-refractivity contribution is 6.30. The zero-order chi connectivity index (χ0) is 42.3. The van der Waals surface area contributed by atoms with Crippen molar-refractivity contribution in [3.05, 3.63) is 212 Å². The van der Waals surface area contributed by atoms with Crippen LogP contribution in [0.5, 0.6) is 0 Å². The largest absolute Gasteiger partial charge is 0.455 e. The molecule has 0 aliphatic carbocycles. The Morgan fingerprint density at radius 3 is 1.56 bits per heavy atom. The lowest BCUT2D eigenvalue weighted by atomic mass is 9.97. The van der Waals surface area contributed by atoms with Gasteiger partial charge in [0.25, 0.3) is 0 Å². The number of benzene rings is 9. The molecule has 13 rings (SSSR count). The third-order valence-electron chi connectivity index (χ3n) is 12.6. The Bertz CT molecular complexity index is 3890. The van der Waals surface area contributed by atoms with Gasteiger partial charge in [0.05, 0.1) is 38.7 Å². The van der Waals surface area contributed by atoms with Gasteiger partial charge in [0, 0.05) is 49.3 Å². The molecule has 0 radical (unpaired) electrons. The van der Waals surface area contributed by atoms with Crippen molar-refractivity contribution in [3.8, 4) is 56.7 Å². The molecule has 0 saturated heterocycles. The molecule has 9 aromatic carbocycles. The van der Waals surface area contributed by atoms with Crippen molar-refractivity contribution >= 4 is 65.6 Å². The molecular formula is C58H37N5O. The van der Waals surface area contributed by atoms with Crippen LogP contribution in [-0.2, 0) is 0 Å².